The second-order valence-electron chi connectivity index (χ2n) is 4.86. The number of hydrogen-bond donors (Lipinski definition) is 0. The first-order valence-corrected chi connectivity index (χ1v) is 6.94. The Morgan fingerprint density at radius 3 is 2.09 bits per heavy atom. The maximum atomic E-state index is 11.9. The molecule has 0 aromatic heterocycles. The van der Waals surface area contributed by atoms with Crippen molar-refractivity contribution in [3.8, 4) is 0 Å². The van der Waals surface area contributed by atoms with Crippen LogP contribution in [0, 0.1) is 17.8 Å². The molecule has 3 atom stereocenters. The lowest BCUT2D eigenvalue weighted by molar-refractivity contribution is -0.145. The average molecular weight is 312 g/mol. The van der Waals surface area contributed by atoms with Gasteiger partial charge in [-0.2, -0.15) is 0 Å². The Bertz CT molecular complexity index is 438. The second-order valence-corrected chi connectivity index (χ2v) is 4.86. The predicted octanol–water partition coefficient (Wildman–Crippen LogP) is 1.90. The van der Waals surface area contributed by atoms with Gasteiger partial charge in [-0.3, -0.25) is 9.59 Å². The van der Waals surface area contributed by atoms with Crippen LogP contribution in [0.1, 0.15) is 20.3 Å². The molecular formula is C16H24O6. The highest BCUT2D eigenvalue weighted by Gasteiger charge is 2.26. The fourth-order valence-corrected chi connectivity index (χ4v) is 1.82. The molecule has 22 heavy (non-hydrogen) atoms. The van der Waals surface area contributed by atoms with Gasteiger partial charge in [0.05, 0.1) is 33.7 Å². The van der Waals surface area contributed by atoms with Crippen LogP contribution in [0.15, 0.2) is 24.3 Å². The van der Waals surface area contributed by atoms with Crippen LogP contribution in [0.4, 0.5) is 0 Å². The molecule has 0 N–H and O–H groups in total. The highest BCUT2D eigenvalue weighted by Crippen LogP contribution is 2.24. The van der Waals surface area contributed by atoms with Crippen molar-refractivity contribution < 1.29 is 28.6 Å². The number of esters is 3. The molecule has 0 saturated heterocycles. The van der Waals surface area contributed by atoms with E-state index < -0.39 is 17.9 Å². The zero-order chi connectivity index (χ0) is 17.1. The third-order valence-electron chi connectivity index (χ3n) is 3.46. The van der Waals surface area contributed by atoms with Crippen molar-refractivity contribution in [2.45, 2.75) is 20.3 Å². The molecular weight excluding hydrogens is 288 g/mol. The first kappa shape index (κ1) is 19.9. The Hall–Kier alpha value is -2.11. The Labute approximate surface area is 131 Å². The van der Waals surface area contributed by atoms with Gasteiger partial charge in [0.2, 0.25) is 0 Å². The van der Waals surface area contributed by atoms with Crippen molar-refractivity contribution in [2.75, 3.05) is 21.3 Å². The SMILES string of the molecule is COC(=O)/C=C/C(C(=O)OC)C(C)C(C)/C=C/CC(=O)OC. The van der Waals surface area contributed by atoms with Gasteiger partial charge in [0.15, 0.2) is 0 Å². The van der Waals surface area contributed by atoms with E-state index in [0.717, 1.165) is 0 Å². The van der Waals surface area contributed by atoms with E-state index >= 15 is 0 Å². The van der Waals surface area contributed by atoms with Crippen LogP contribution in [-0.4, -0.2) is 39.2 Å². The summed E-state index contributed by atoms with van der Waals surface area (Å²) in [6.45, 7) is 3.79. The summed E-state index contributed by atoms with van der Waals surface area (Å²) in [6.07, 6.45) is 6.40. The minimum absolute atomic E-state index is 0.00365. The summed E-state index contributed by atoms with van der Waals surface area (Å²) in [7, 11) is 3.89. The maximum absolute atomic E-state index is 11.9. The fraction of sp³-hybridized carbons (Fsp3) is 0.562. The van der Waals surface area contributed by atoms with E-state index in [-0.39, 0.29) is 24.2 Å². The highest BCUT2D eigenvalue weighted by molar-refractivity contribution is 5.83. The Morgan fingerprint density at radius 1 is 0.955 bits per heavy atom. The van der Waals surface area contributed by atoms with Crippen LogP contribution in [0.25, 0.3) is 0 Å². The number of methoxy groups -OCH3 is 3. The summed E-state index contributed by atoms with van der Waals surface area (Å²) in [5.74, 6) is -2.00. The molecule has 0 amide bonds. The molecule has 0 spiro atoms. The van der Waals surface area contributed by atoms with Crippen molar-refractivity contribution in [1.82, 2.24) is 0 Å². The van der Waals surface area contributed by atoms with E-state index in [4.69, 9.17) is 4.74 Å². The summed E-state index contributed by atoms with van der Waals surface area (Å²) in [5.41, 5.74) is 0. The van der Waals surface area contributed by atoms with Crippen LogP contribution in [0.5, 0.6) is 0 Å². The lowest BCUT2D eigenvalue weighted by Gasteiger charge is -2.22. The molecule has 0 radical (unpaired) electrons. The zero-order valence-corrected chi connectivity index (χ0v) is 13.7. The van der Waals surface area contributed by atoms with Gasteiger partial charge in [-0.05, 0) is 11.8 Å². The quantitative estimate of drug-likeness (QED) is 0.295. The lowest BCUT2D eigenvalue weighted by atomic mass is 9.83. The third kappa shape index (κ3) is 7.06. The Balaban J connectivity index is 4.91. The normalized spacial score (nSPS) is 15.3. The van der Waals surface area contributed by atoms with Gasteiger partial charge in [-0.25, -0.2) is 4.79 Å². The van der Waals surface area contributed by atoms with E-state index in [1.54, 1.807) is 6.08 Å². The number of ether oxygens (including phenoxy) is 3. The van der Waals surface area contributed by atoms with Gasteiger partial charge in [0.25, 0.3) is 0 Å². The van der Waals surface area contributed by atoms with Gasteiger partial charge in [-0.1, -0.05) is 32.1 Å². The van der Waals surface area contributed by atoms with Gasteiger partial charge < -0.3 is 14.2 Å². The summed E-state index contributed by atoms with van der Waals surface area (Å²) < 4.78 is 13.8. The van der Waals surface area contributed by atoms with Crippen molar-refractivity contribution in [3.63, 3.8) is 0 Å². The largest absolute Gasteiger partial charge is 0.469 e. The van der Waals surface area contributed by atoms with Crippen molar-refractivity contribution >= 4 is 17.9 Å². The molecule has 0 heterocycles. The molecule has 0 aliphatic rings. The third-order valence-corrected chi connectivity index (χ3v) is 3.46. The van der Waals surface area contributed by atoms with Crippen LogP contribution in [0.3, 0.4) is 0 Å². The summed E-state index contributed by atoms with van der Waals surface area (Å²) in [6, 6.07) is 0. The van der Waals surface area contributed by atoms with Gasteiger partial charge in [0.1, 0.15) is 0 Å². The molecule has 0 aliphatic carbocycles. The van der Waals surface area contributed by atoms with Crippen LogP contribution in [0.2, 0.25) is 0 Å². The first-order valence-electron chi connectivity index (χ1n) is 6.94. The fourth-order valence-electron chi connectivity index (χ4n) is 1.82. The Kier molecular flexibility index (Phi) is 9.58. The monoisotopic (exact) mass is 312 g/mol. The van der Waals surface area contributed by atoms with Crippen LogP contribution in [-0.2, 0) is 28.6 Å². The zero-order valence-electron chi connectivity index (χ0n) is 13.7. The van der Waals surface area contributed by atoms with Gasteiger partial charge in [0, 0.05) is 6.08 Å². The molecule has 3 unspecified atom stereocenters. The molecule has 0 fully saturated rings. The van der Waals surface area contributed by atoms with E-state index in [2.05, 4.69) is 9.47 Å². The van der Waals surface area contributed by atoms with Crippen molar-refractivity contribution in [3.05, 3.63) is 24.3 Å². The molecule has 6 nitrogen and oxygen atoms in total. The van der Waals surface area contributed by atoms with E-state index in [9.17, 15) is 14.4 Å². The molecule has 6 heteroatoms. The van der Waals surface area contributed by atoms with E-state index in [0.29, 0.717) is 0 Å². The molecule has 0 rings (SSSR count). The standard InChI is InChI=1S/C16H24O6/c1-11(7-6-8-14(17)20-3)12(2)13(16(19)22-5)9-10-15(18)21-4/h6-7,9-13H,8H2,1-5H3/b7-6+,10-9+. The lowest BCUT2D eigenvalue weighted by Crippen LogP contribution is -2.25. The smallest absolute Gasteiger partial charge is 0.330 e. The minimum Gasteiger partial charge on any atom is -0.469 e. The molecule has 124 valence electrons. The summed E-state index contributed by atoms with van der Waals surface area (Å²) in [5, 5.41) is 0. The molecule has 0 aromatic carbocycles. The summed E-state index contributed by atoms with van der Waals surface area (Å²) in [4.78, 5) is 34.1. The highest BCUT2D eigenvalue weighted by atomic mass is 16.5. The van der Waals surface area contributed by atoms with Gasteiger partial charge in [-0.15, -0.1) is 0 Å². The maximum Gasteiger partial charge on any atom is 0.330 e. The van der Waals surface area contributed by atoms with Crippen LogP contribution < -0.4 is 0 Å². The number of carbonyl (C=O) groups excluding carboxylic acids is 3. The number of rotatable bonds is 8. The first-order chi connectivity index (χ1) is 10.4. The number of carbonyl (C=O) groups is 3. The van der Waals surface area contributed by atoms with E-state index in [1.165, 1.54) is 33.5 Å². The number of hydrogen-bond acceptors (Lipinski definition) is 6. The molecule has 0 bridgehead atoms. The van der Waals surface area contributed by atoms with E-state index in [1.807, 2.05) is 19.9 Å². The second kappa shape index (κ2) is 10.6. The topological polar surface area (TPSA) is 78.9 Å². The van der Waals surface area contributed by atoms with Gasteiger partial charge >= 0.3 is 17.9 Å². The predicted molar refractivity (Wildman–Crippen MR) is 80.8 cm³/mol. The van der Waals surface area contributed by atoms with Crippen molar-refractivity contribution in [1.29, 1.82) is 0 Å². The van der Waals surface area contributed by atoms with Crippen molar-refractivity contribution in [2.24, 2.45) is 17.8 Å². The Morgan fingerprint density at radius 2 is 1.59 bits per heavy atom. The molecule has 0 aromatic rings. The number of allylic oxidation sites excluding steroid dienone is 1. The average Bonchev–Trinajstić information content (AvgIpc) is 2.53. The molecule has 0 saturated carbocycles. The van der Waals surface area contributed by atoms with Crippen LogP contribution >= 0.6 is 0 Å². The molecule has 0 aliphatic heterocycles. The summed E-state index contributed by atoms with van der Waals surface area (Å²) >= 11 is 0. The minimum atomic E-state index is -0.582.